The summed E-state index contributed by atoms with van der Waals surface area (Å²) in [5, 5.41) is 0. The number of nitrogens with zero attached hydrogens (tertiary/aromatic N) is 1. The number of esters is 1. The van der Waals surface area contributed by atoms with Gasteiger partial charge in [0.2, 0.25) is 0 Å². The number of ether oxygens (including phenoxy) is 1. The van der Waals surface area contributed by atoms with Gasteiger partial charge in [0, 0.05) is 13.1 Å². The molecule has 1 aromatic carbocycles. The lowest BCUT2D eigenvalue weighted by Gasteiger charge is -2.30. The largest absolute Gasteiger partial charge is 0.469 e. The molecular weight excluding hydrogens is 319 g/mol. The zero-order valence-electron chi connectivity index (χ0n) is 16.4. The molecule has 2 N–H and O–H groups in total. The number of nitrogens with two attached hydrogens (primary N) is 1. The fourth-order valence-corrected chi connectivity index (χ4v) is 3.13. The van der Waals surface area contributed by atoms with Crippen LogP contribution in [0.25, 0.3) is 0 Å². The molecule has 5 heteroatoms. The Morgan fingerprint density at radius 2 is 1.76 bits per heavy atom. The molecule has 0 bridgehead atoms. The van der Waals surface area contributed by atoms with Crippen LogP contribution in [-0.4, -0.2) is 26.2 Å². The van der Waals surface area contributed by atoms with Crippen molar-refractivity contribution in [2.75, 3.05) is 30.8 Å². The molecule has 0 fully saturated rings. The second-order valence-electron chi connectivity index (χ2n) is 7.52. The van der Waals surface area contributed by atoms with E-state index in [-0.39, 0.29) is 24.1 Å². The molecule has 0 aliphatic rings. The summed E-state index contributed by atoms with van der Waals surface area (Å²) < 4.78 is 19.7. The van der Waals surface area contributed by atoms with E-state index in [4.69, 9.17) is 10.5 Å². The molecule has 1 aromatic rings. The lowest BCUT2D eigenvalue weighted by atomic mass is 9.92. The molecular formula is C20H33FN2O2. The van der Waals surface area contributed by atoms with Crippen LogP contribution in [0.4, 0.5) is 15.8 Å². The molecule has 0 spiro atoms. The molecule has 0 amide bonds. The van der Waals surface area contributed by atoms with E-state index < -0.39 is 0 Å². The number of hydrogen-bond acceptors (Lipinski definition) is 4. The summed E-state index contributed by atoms with van der Waals surface area (Å²) in [6.07, 6.45) is 0.946. The third-order valence-electron chi connectivity index (χ3n) is 4.21. The van der Waals surface area contributed by atoms with Crippen molar-refractivity contribution in [1.82, 2.24) is 0 Å². The number of rotatable bonds is 9. The first-order valence-corrected chi connectivity index (χ1v) is 9.10. The van der Waals surface area contributed by atoms with Gasteiger partial charge in [-0.05, 0) is 41.9 Å². The molecule has 1 atom stereocenters. The Balaban J connectivity index is 3.20. The van der Waals surface area contributed by atoms with Crippen molar-refractivity contribution in [3.63, 3.8) is 0 Å². The molecule has 25 heavy (non-hydrogen) atoms. The molecule has 0 radical (unpaired) electrons. The molecule has 0 saturated carbocycles. The molecule has 0 aromatic heterocycles. The summed E-state index contributed by atoms with van der Waals surface area (Å²) in [4.78, 5) is 13.6. The smallest absolute Gasteiger partial charge is 0.306 e. The first-order valence-electron chi connectivity index (χ1n) is 9.10. The Morgan fingerprint density at radius 1 is 1.20 bits per heavy atom. The van der Waals surface area contributed by atoms with Crippen LogP contribution in [0.1, 0.15) is 58.9 Å². The Morgan fingerprint density at radius 3 is 2.16 bits per heavy atom. The minimum atomic E-state index is -0.320. The van der Waals surface area contributed by atoms with Gasteiger partial charge in [0.1, 0.15) is 5.82 Å². The van der Waals surface area contributed by atoms with E-state index in [1.165, 1.54) is 13.2 Å². The van der Waals surface area contributed by atoms with Gasteiger partial charge in [-0.25, -0.2) is 4.39 Å². The molecule has 1 rings (SSSR count). The second-order valence-corrected chi connectivity index (χ2v) is 7.52. The number of carbonyl (C=O) groups is 1. The zero-order valence-corrected chi connectivity index (χ0v) is 16.4. The van der Waals surface area contributed by atoms with Crippen LogP contribution in [0.2, 0.25) is 0 Å². The molecule has 0 saturated heterocycles. The van der Waals surface area contributed by atoms with Crippen molar-refractivity contribution < 1.29 is 13.9 Å². The fourth-order valence-electron chi connectivity index (χ4n) is 3.13. The second kappa shape index (κ2) is 9.64. The van der Waals surface area contributed by atoms with Crippen molar-refractivity contribution in [1.29, 1.82) is 0 Å². The minimum absolute atomic E-state index is 0.0954. The lowest BCUT2D eigenvalue weighted by Crippen LogP contribution is -2.32. The van der Waals surface area contributed by atoms with Crippen LogP contribution >= 0.6 is 0 Å². The van der Waals surface area contributed by atoms with Crippen LogP contribution in [0, 0.1) is 17.7 Å². The topological polar surface area (TPSA) is 55.6 Å². The standard InChI is InChI=1S/C20H33FN2O2/c1-7-15(10-19(24)25-6)16-8-17(21)20(18(22)9-16)23(11-13(2)3)12-14(4)5/h8-9,13-15H,7,10-12,22H2,1-6H3. The van der Waals surface area contributed by atoms with E-state index >= 15 is 0 Å². The quantitative estimate of drug-likeness (QED) is 0.522. The number of benzene rings is 1. The summed E-state index contributed by atoms with van der Waals surface area (Å²) >= 11 is 0. The van der Waals surface area contributed by atoms with Gasteiger partial charge in [0.05, 0.1) is 24.9 Å². The van der Waals surface area contributed by atoms with Gasteiger partial charge in [-0.1, -0.05) is 34.6 Å². The van der Waals surface area contributed by atoms with E-state index in [1.54, 1.807) is 0 Å². The van der Waals surface area contributed by atoms with Crippen molar-refractivity contribution in [3.05, 3.63) is 23.5 Å². The Kier molecular flexibility index (Phi) is 8.20. The van der Waals surface area contributed by atoms with Crippen molar-refractivity contribution in [2.24, 2.45) is 11.8 Å². The highest BCUT2D eigenvalue weighted by Gasteiger charge is 2.22. The monoisotopic (exact) mass is 352 g/mol. The predicted octanol–water partition coefficient (Wildman–Crippen LogP) is 4.58. The van der Waals surface area contributed by atoms with Crippen LogP contribution < -0.4 is 10.6 Å². The fraction of sp³-hybridized carbons (Fsp3) is 0.650. The van der Waals surface area contributed by atoms with Gasteiger partial charge in [0.15, 0.2) is 0 Å². The van der Waals surface area contributed by atoms with Crippen LogP contribution in [0.3, 0.4) is 0 Å². The van der Waals surface area contributed by atoms with Gasteiger partial charge in [-0.15, -0.1) is 0 Å². The highest BCUT2D eigenvalue weighted by atomic mass is 19.1. The third kappa shape index (κ3) is 6.22. The van der Waals surface area contributed by atoms with Crippen LogP contribution in [-0.2, 0) is 9.53 Å². The molecule has 0 heterocycles. The zero-order chi connectivity index (χ0) is 19.1. The summed E-state index contributed by atoms with van der Waals surface area (Å²) in [6.45, 7) is 11.9. The summed E-state index contributed by atoms with van der Waals surface area (Å²) in [5.74, 6) is 0.0950. The summed E-state index contributed by atoms with van der Waals surface area (Å²) in [6, 6.07) is 3.33. The van der Waals surface area contributed by atoms with Gasteiger partial charge in [-0.3, -0.25) is 4.79 Å². The maximum absolute atomic E-state index is 14.9. The third-order valence-corrected chi connectivity index (χ3v) is 4.21. The normalized spacial score (nSPS) is 12.5. The van der Waals surface area contributed by atoms with E-state index in [0.29, 0.717) is 23.2 Å². The number of hydrogen-bond donors (Lipinski definition) is 1. The maximum atomic E-state index is 14.9. The molecule has 142 valence electrons. The maximum Gasteiger partial charge on any atom is 0.306 e. The lowest BCUT2D eigenvalue weighted by molar-refractivity contribution is -0.141. The number of anilines is 2. The molecule has 0 aliphatic carbocycles. The van der Waals surface area contributed by atoms with Crippen molar-refractivity contribution in [2.45, 2.75) is 53.4 Å². The van der Waals surface area contributed by atoms with E-state index in [9.17, 15) is 9.18 Å². The van der Waals surface area contributed by atoms with E-state index in [1.807, 2.05) is 17.9 Å². The number of halogens is 1. The van der Waals surface area contributed by atoms with Crippen LogP contribution in [0.5, 0.6) is 0 Å². The van der Waals surface area contributed by atoms with E-state index in [0.717, 1.165) is 25.1 Å². The Labute approximate surface area is 151 Å². The van der Waals surface area contributed by atoms with Gasteiger partial charge < -0.3 is 15.4 Å². The van der Waals surface area contributed by atoms with Gasteiger partial charge in [-0.2, -0.15) is 0 Å². The van der Waals surface area contributed by atoms with Gasteiger partial charge in [0.25, 0.3) is 0 Å². The average molecular weight is 352 g/mol. The molecule has 0 aliphatic heterocycles. The SMILES string of the molecule is CCC(CC(=O)OC)c1cc(N)c(N(CC(C)C)CC(C)C)c(F)c1. The van der Waals surface area contributed by atoms with Crippen molar-refractivity contribution in [3.8, 4) is 0 Å². The summed E-state index contributed by atoms with van der Waals surface area (Å²) in [5.41, 5.74) is 7.88. The average Bonchev–Trinajstić information content (AvgIpc) is 2.50. The minimum Gasteiger partial charge on any atom is -0.469 e. The molecule has 1 unspecified atom stereocenters. The van der Waals surface area contributed by atoms with E-state index in [2.05, 4.69) is 27.7 Å². The number of methoxy groups -OCH3 is 1. The Bertz CT molecular complexity index is 540. The van der Waals surface area contributed by atoms with Gasteiger partial charge >= 0.3 is 5.97 Å². The molecule has 4 nitrogen and oxygen atoms in total. The number of carbonyl (C=O) groups excluding carboxylic acids is 1. The highest BCUT2D eigenvalue weighted by molar-refractivity contribution is 5.72. The summed E-state index contributed by atoms with van der Waals surface area (Å²) in [7, 11) is 1.36. The highest BCUT2D eigenvalue weighted by Crippen LogP contribution is 2.34. The predicted molar refractivity (Wildman–Crippen MR) is 102 cm³/mol. The van der Waals surface area contributed by atoms with Crippen molar-refractivity contribution >= 4 is 17.3 Å². The Hall–Kier alpha value is -1.78. The van der Waals surface area contributed by atoms with Crippen LogP contribution in [0.15, 0.2) is 12.1 Å². The first kappa shape index (κ1) is 21.3. The first-order chi connectivity index (χ1) is 11.7. The number of nitrogen functional groups attached to an aromatic ring is 1.